The van der Waals surface area contributed by atoms with Crippen LogP contribution in [0.4, 0.5) is 8.78 Å². The van der Waals surface area contributed by atoms with Crippen molar-refractivity contribution in [2.24, 2.45) is 5.73 Å². The van der Waals surface area contributed by atoms with E-state index in [1.54, 1.807) is 0 Å². The largest absolute Gasteiger partial charge is 0.497 e. The molecule has 6 heteroatoms. The maximum Gasteiger partial charge on any atom is 0.334 e. The highest BCUT2D eigenvalue weighted by Crippen LogP contribution is 2.36. The molecule has 0 aliphatic carbocycles. The van der Waals surface area contributed by atoms with E-state index >= 15 is 0 Å². The molecular weight excluding hydrogens is 232 g/mol. The number of nitrogens with two attached hydrogens (primary N) is 1. The van der Waals surface area contributed by atoms with Gasteiger partial charge in [0, 0.05) is 6.92 Å². The summed E-state index contributed by atoms with van der Waals surface area (Å²) >= 11 is 0. The Morgan fingerprint density at radius 3 is 2.47 bits per heavy atom. The molecule has 0 amide bonds. The van der Waals surface area contributed by atoms with Crippen LogP contribution in [0.2, 0.25) is 0 Å². The van der Waals surface area contributed by atoms with Crippen molar-refractivity contribution in [3.63, 3.8) is 0 Å². The number of ether oxygens (including phenoxy) is 1. The highest BCUT2D eigenvalue weighted by Gasteiger charge is 2.55. The summed E-state index contributed by atoms with van der Waals surface area (Å²) in [5, 5.41) is 8.94. The first-order chi connectivity index (χ1) is 7.73. The standard InChI is InChI=1S/C11H13F2NO3/c1-10(12,13)11(14,9(15)16)7-4-3-5-8(6-7)17-2/h3-6H,14H2,1-2H3,(H,15,16). The van der Waals surface area contributed by atoms with Crippen LogP contribution in [-0.2, 0) is 10.3 Å². The third-order valence-electron chi connectivity index (χ3n) is 2.55. The summed E-state index contributed by atoms with van der Waals surface area (Å²) in [6.45, 7) is 0.473. The van der Waals surface area contributed by atoms with Crippen molar-refractivity contribution >= 4 is 5.97 Å². The highest BCUT2D eigenvalue weighted by atomic mass is 19.3. The molecule has 0 heterocycles. The lowest BCUT2D eigenvalue weighted by Gasteiger charge is -2.31. The molecule has 1 rings (SSSR count). The second-order valence-corrected chi connectivity index (χ2v) is 3.73. The molecule has 1 aromatic rings. The van der Waals surface area contributed by atoms with Gasteiger partial charge in [0.25, 0.3) is 5.92 Å². The fraction of sp³-hybridized carbons (Fsp3) is 0.364. The second-order valence-electron chi connectivity index (χ2n) is 3.73. The molecule has 0 radical (unpaired) electrons. The van der Waals surface area contributed by atoms with E-state index in [4.69, 9.17) is 15.6 Å². The summed E-state index contributed by atoms with van der Waals surface area (Å²) in [6.07, 6.45) is 0. The van der Waals surface area contributed by atoms with Gasteiger partial charge >= 0.3 is 5.97 Å². The van der Waals surface area contributed by atoms with Gasteiger partial charge in [-0.3, -0.25) is 0 Å². The average Bonchev–Trinajstić information content (AvgIpc) is 2.26. The van der Waals surface area contributed by atoms with Crippen LogP contribution in [0.25, 0.3) is 0 Å². The molecule has 0 saturated carbocycles. The molecule has 0 aliphatic rings. The number of alkyl halides is 2. The van der Waals surface area contributed by atoms with Crippen LogP contribution in [-0.4, -0.2) is 24.1 Å². The number of carboxylic acid groups (broad SMARTS) is 1. The summed E-state index contributed by atoms with van der Waals surface area (Å²) in [5.41, 5.74) is 2.37. The van der Waals surface area contributed by atoms with Gasteiger partial charge in [-0.25, -0.2) is 13.6 Å². The zero-order valence-electron chi connectivity index (χ0n) is 9.41. The van der Waals surface area contributed by atoms with Gasteiger partial charge in [0.2, 0.25) is 5.54 Å². The summed E-state index contributed by atoms with van der Waals surface area (Å²) < 4.78 is 31.6. The lowest BCUT2D eigenvalue weighted by Crippen LogP contribution is -2.57. The Labute approximate surface area is 97.0 Å². The Morgan fingerprint density at radius 2 is 2.06 bits per heavy atom. The zero-order chi connectivity index (χ0) is 13.3. The van der Waals surface area contributed by atoms with Crippen molar-refractivity contribution in [3.05, 3.63) is 29.8 Å². The first kappa shape index (κ1) is 13.4. The van der Waals surface area contributed by atoms with Crippen LogP contribution >= 0.6 is 0 Å². The van der Waals surface area contributed by atoms with Crippen LogP contribution in [0, 0.1) is 0 Å². The van der Waals surface area contributed by atoms with Crippen molar-refractivity contribution < 1.29 is 23.4 Å². The Hall–Kier alpha value is -1.69. The topological polar surface area (TPSA) is 72.5 Å². The number of hydrogen-bond donors (Lipinski definition) is 2. The molecule has 1 atom stereocenters. The van der Waals surface area contributed by atoms with E-state index in [1.807, 2.05) is 0 Å². The Morgan fingerprint density at radius 1 is 1.47 bits per heavy atom. The minimum absolute atomic E-state index is 0.211. The molecule has 1 aromatic carbocycles. The molecule has 17 heavy (non-hydrogen) atoms. The van der Waals surface area contributed by atoms with Gasteiger partial charge in [-0.05, 0) is 17.7 Å². The Balaban J connectivity index is 3.38. The summed E-state index contributed by atoms with van der Waals surface area (Å²) in [6, 6.07) is 5.34. The molecule has 94 valence electrons. The number of carboxylic acids is 1. The van der Waals surface area contributed by atoms with E-state index in [9.17, 15) is 13.6 Å². The van der Waals surface area contributed by atoms with Crippen molar-refractivity contribution in [1.29, 1.82) is 0 Å². The van der Waals surface area contributed by atoms with Gasteiger partial charge in [-0.2, -0.15) is 0 Å². The highest BCUT2D eigenvalue weighted by molar-refractivity contribution is 5.82. The number of halogens is 2. The first-order valence-corrected chi connectivity index (χ1v) is 4.78. The Bertz CT molecular complexity index is 431. The molecular formula is C11H13F2NO3. The number of hydrogen-bond acceptors (Lipinski definition) is 3. The quantitative estimate of drug-likeness (QED) is 0.844. The van der Waals surface area contributed by atoms with E-state index in [0.717, 1.165) is 0 Å². The van der Waals surface area contributed by atoms with Crippen LogP contribution in [0.3, 0.4) is 0 Å². The summed E-state index contributed by atoms with van der Waals surface area (Å²) in [7, 11) is 1.35. The minimum atomic E-state index is -3.61. The van der Waals surface area contributed by atoms with Crippen LogP contribution in [0.5, 0.6) is 5.75 Å². The van der Waals surface area contributed by atoms with Gasteiger partial charge in [-0.15, -0.1) is 0 Å². The van der Waals surface area contributed by atoms with Crippen molar-refractivity contribution in [2.75, 3.05) is 7.11 Å². The molecule has 0 fully saturated rings. The van der Waals surface area contributed by atoms with Crippen molar-refractivity contribution in [2.45, 2.75) is 18.4 Å². The molecule has 1 unspecified atom stereocenters. The molecule has 4 nitrogen and oxygen atoms in total. The molecule has 3 N–H and O–H groups in total. The van der Waals surface area contributed by atoms with Crippen LogP contribution in [0.15, 0.2) is 24.3 Å². The van der Waals surface area contributed by atoms with Crippen LogP contribution in [0.1, 0.15) is 12.5 Å². The minimum Gasteiger partial charge on any atom is -0.497 e. The molecule has 0 aliphatic heterocycles. The van der Waals surface area contributed by atoms with E-state index in [2.05, 4.69) is 0 Å². The van der Waals surface area contributed by atoms with Gasteiger partial charge in [0.1, 0.15) is 5.75 Å². The predicted molar refractivity (Wildman–Crippen MR) is 57.1 cm³/mol. The SMILES string of the molecule is COc1cccc(C(N)(C(=O)O)C(C)(F)F)c1. The van der Waals surface area contributed by atoms with E-state index in [-0.39, 0.29) is 11.3 Å². The number of methoxy groups -OCH3 is 1. The molecule has 0 saturated heterocycles. The fourth-order valence-electron chi connectivity index (χ4n) is 1.43. The third kappa shape index (κ3) is 2.21. The average molecular weight is 245 g/mol. The first-order valence-electron chi connectivity index (χ1n) is 4.78. The lowest BCUT2D eigenvalue weighted by molar-refractivity contribution is -0.160. The van der Waals surface area contributed by atoms with Gasteiger partial charge in [-0.1, -0.05) is 12.1 Å². The number of rotatable bonds is 4. The fourth-order valence-corrected chi connectivity index (χ4v) is 1.43. The van der Waals surface area contributed by atoms with Crippen molar-refractivity contribution in [1.82, 2.24) is 0 Å². The number of carbonyl (C=O) groups is 1. The van der Waals surface area contributed by atoms with Crippen molar-refractivity contribution in [3.8, 4) is 5.75 Å². The zero-order valence-corrected chi connectivity index (χ0v) is 9.41. The van der Waals surface area contributed by atoms with E-state index in [1.165, 1.54) is 31.4 Å². The maximum atomic E-state index is 13.4. The maximum absolute atomic E-state index is 13.4. The molecule has 0 aromatic heterocycles. The van der Waals surface area contributed by atoms with E-state index in [0.29, 0.717) is 6.92 Å². The number of benzene rings is 1. The smallest absolute Gasteiger partial charge is 0.334 e. The predicted octanol–water partition coefficient (Wildman–Crippen LogP) is 1.59. The van der Waals surface area contributed by atoms with Gasteiger partial charge < -0.3 is 15.6 Å². The molecule has 0 bridgehead atoms. The third-order valence-corrected chi connectivity index (χ3v) is 2.55. The number of aliphatic carboxylic acids is 1. The molecule has 0 spiro atoms. The second kappa shape index (κ2) is 4.29. The van der Waals surface area contributed by atoms with Gasteiger partial charge in [0.05, 0.1) is 7.11 Å². The van der Waals surface area contributed by atoms with Gasteiger partial charge in [0.15, 0.2) is 0 Å². The monoisotopic (exact) mass is 245 g/mol. The Kier molecular flexibility index (Phi) is 3.38. The van der Waals surface area contributed by atoms with E-state index < -0.39 is 17.4 Å². The van der Waals surface area contributed by atoms with Crippen LogP contribution < -0.4 is 10.5 Å². The lowest BCUT2D eigenvalue weighted by atomic mass is 9.85. The summed E-state index contributed by atoms with van der Waals surface area (Å²) in [4.78, 5) is 11.0. The normalized spacial score (nSPS) is 15.1. The summed E-state index contributed by atoms with van der Waals surface area (Å²) in [5.74, 6) is -5.13.